The van der Waals surface area contributed by atoms with Gasteiger partial charge in [-0.1, -0.05) is 83.1 Å². The summed E-state index contributed by atoms with van der Waals surface area (Å²) in [5, 5.41) is 20.6. The molecule has 3 nitrogen and oxygen atoms in total. The third kappa shape index (κ3) is 4.68. The molecule has 0 saturated heterocycles. The molecule has 4 rings (SSSR count). The van der Waals surface area contributed by atoms with Crippen LogP contribution in [0.3, 0.4) is 0 Å². The molecule has 0 fully saturated rings. The van der Waals surface area contributed by atoms with Crippen LogP contribution in [0.2, 0.25) is 0 Å². The maximum Gasteiger partial charge on any atom is 0.119 e. The number of rotatable bonds is 6. The van der Waals surface area contributed by atoms with Crippen LogP contribution in [0.4, 0.5) is 0 Å². The van der Waals surface area contributed by atoms with E-state index in [4.69, 9.17) is 0 Å². The van der Waals surface area contributed by atoms with E-state index in [1.54, 1.807) is 18.5 Å². The van der Waals surface area contributed by atoms with Crippen LogP contribution >= 0.6 is 0 Å². The van der Waals surface area contributed by atoms with Crippen LogP contribution in [0.1, 0.15) is 79.5 Å². The fraction of sp³-hybridized carbons (Fsp3) is 0.281. The number of benzene rings is 3. The zero-order valence-electron chi connectivity index (χ0n) is 21.5. The molecule has 0 aliphatic rings. The molecule has 0 aliphatic carbocycles. The van der Waals surface area contributed by atoms with Gasteiger partial charge < -0.3 is 10.2 Å². The average Bonchev–Trinajstić information content (AvgIpc) is 2.86. The Morgan fingerprint density at radius 1 is 0.629 bits per heavy atom. The summed E-state index contributed by atoms with van der Waals surface area (Å²) in [4.78, 5) is 4.12. The average molecular weight is 466 g/mol. The van der Waals surface area contributed by atoms with E-state index < -0.39 is 0 Å². The van der Waals surface area contributed by atoms with Gasteiger partial charge in [-0.25, -0.2) is 0 Å². The summed E-state index contributed by atoms with van der Waals surface area (Å²) in [6.45, 7) is 12.9. The zero-order chi connectivity index (χ0) is 25.4. The second-order valence-corrected chi connectivity index (χ2v) is 10.6. The minimum atomic E-state index is -0.238. The minimum absolute atomic E-state index is 0.0608. The van der Waals surface area contributed by atoms with Gasteiger partial charge in [-0.2, -0.15) is 0 Å². The fourth-order valence-electron chi connectivity index (χ4n) is 4.80. The molecule has 0 amide bonds. The fourth-order valence-corrected chi connectivity index (χ4v) is 4.80. The quantitative estimate of drug-likeness (QED) is 0.308. The molecule has 1 unspecified atom stereocenters. The van der Waals surface area contributed by atoms with Crippen molar-refractivity contribution in [2.24, 2.45) is 0 Å². The summed E-state index contributed by atoms with van der Waals surface area (Å²) in [5.74, 6) is 0.703. The van der Waals surface area contributed by atoms with Crippen LogP contribution < -0.4 is 0 Å². The Bertz CT molecular complexity index is 1320. The highest BCUT2D eigenvalue weighted by atomic mass is 16.3. The van der Waals surface area contributed by atoms with E-state index in [0.717, 1.165) is 22.3 Å². The molecule has 4 aromatic rings. The second-order valence-electron chi connectivity index (χ2n) is 10.6. The van der Waals surface area contributed by atoms with Crippen molar-refractivity contribution in [1.82, 2.24) is 4.98 Å². The second kappa shape index (κ2) is 9.22. The first-order chi connectivity index (χ1) is 16.5. The van der Waals surface area contributed by atoms with Crippen molar-refractivity contribution < 1.29 is 10.2 Å². The van der Waals surface area contributed by atoms with Crippen molar-refractivity contribution >= 4 is 0 Å². The Hall–Kier alpha value is -3.59. The first kappa shape index (κ1) is 24.5. The van der Waals surface area contributed by atoms with Crippen molar-refractivity contribution in [2.45, 2.75) is 58.3 Å². The number of aryl methyl sites for hydroxylation is 1. The first-order valence-corrected chi connectivity index (χ1v) is 12.2. The van der Waals surface area contributed by atoms with Gasteiger partial charge in [0.1, 0.15) is 11.5 Å². The predicted octanol–water partition coefficient (Wildman–Crippen LogP) is 7.60. The maximum absolute atomic E-state index is 10.6. The van der Waals surface area contributed by atoms with Gasteiger partial charge in [0, 0.05) is 34.7 Å². The third-order valence-electron chi connectivity index (χ3n) is 7.67. The highest BCUT2D eigenvalue weighted by molar-refractivity contribution is 5.49. The van der Waals surface area contributed by atoms with Gasteiger partial charge in [-0.05, 0) is 64.6 Å². The van der Waals surface area contributed by atoms with E-state index >= 15 is 0 Å². The number of nitrogens with zero attached hydrogens (tertiary/aromatic N) is 1. The summed E-state index contributed by atoms with van der Waals surface area (Å²) in [6, 6.07) is 24.7. The minimum Gasteiger partial charge on any atom is -0.508 e. The Morgan fingerprint density at radius 2 is 1.09 bits per heavy atom. The van der Waals surface area contributed by atoms with Gasteiger partial charge in [0.15, 0.2) is 0 Å². The molecule has 0 bridgehead atoms. The Balaban J connectivity index is 1.66. The molecule has 3 heteroatoms. The molecule has 1 aromatic heterocycles. The molecule has 0 radical (unpaired) electrons. The molecular formula is C32H35NO2. The van der Waals surface area contributed by atoms with E-state index in [-0.39, 0.29) is 16.7 Å². The third-order valence-corrected chi connectivity index (χ3v) is 7.67. The topological polar surface area (TPSA) is 53.4 Å². The Kier molecular flexibility index (Phi) is 6.46. The highest BCUT2D eigenvalue weighted by Crippen LogP contribution is 2.39. The summed E-state index contributed by atoms with van der Waals surface area (Å²) in [5.41, 5.74) is 7.28. The van der Waals surface area contributed by atoms with Crippen LogP contribution in [0.25, 0.3) is 0 Å². The predicted molar refractivity (Wildman–Crippen MR) is 143 cm³/mol. The number of hydrogen-bond donors (Lipinski definition) is 2. The number of aromatic hydroxyl groups is 2. The summed E-state index contributed by atoms with van der Waals surface area (Å²) in [6.07, 6.45) is 3.58. The number of pyridine rings is 1. The van der Waals surface area contributed by atoms with Gasteiger partial charge >= 0.3 is 0 Å². The largest absolute Gasteiger partial charge is 0.508 e. The van der Waals surface area contributed by atoms with E-state index in [1.165, 1.54) is 16.7 Å². The number of phenols is 2. The van der Waals surface area contributed by atoms with Gasteiger partial charge in [-0.3, -0.25) is 4.98 Å². The van der Waals surface area contributed by atoms with Crippen molar-refractivity contribution in [3.8, 4) is 11.5 Å². The molecule has 0 spiro atoms. The van der Waals surface area contributed by atoms with Crippen molar-refractivity contribution in [3.63, 3.8) is 0 Å². The van der Waals surface area contributed by atoms with Gasteiger partial charge in [-0.15, -0.1) is 0 Å². The standard InChI is InChI=1S/C32H35NO2/c1-21-19-26(11-13-29(21)34)31(3,4)24-7-9-25(10-8-24)32(5,6)27-12-14-30(35)28(20-27)22(2)23-15-17-33-18-16-23/h7-20,22,34-35H,1-6H3. The van der Waals surface area contributed by atoms with Crippen LogP contribution in [0.5, 0.6) is 11.5 Å². The molecule has 35 heavy (non-hydrogen) atoms. The normalized spacial score (nSPS) is 13.0. The van der Waals surface area contributed by atoms with Crippen LogP contribution in [-0.2, 0) is 10.8 Å². The van der Waals surface area contributed by atoms with Crippen molar-refractivity contribution in [3.05, 3.63) is 124 Å². The molecule has 0 saturated carbocycles. The smallest absolute Gasteiger partial charge is 0.119 e. The molecule has 180 valence electrons. The Labute approximate surface area is 209 Å². The van der Waals surface area contributed by atoms with Crippen LogP contribution in [-0.4, -0.2) is 15.2 Å². The number of hydrogen-bond acceptors (Lipinski definition) is 3. The van der Waals surface area contributed by atoms with Crippen molar-refractivity contribution in [2.75, 3.05) is 0 Å². The van der Waals surface area contributed by atoms with Gasteiger partial charge in [0.05, 0.1) is 0 Å². The van der Waals surface area contributed by atoms with Crippen molar-refractivity contribution in [1.29, 1.82) is 0 Å². The van der Waals surface area contributed by atoms with Crippen LogP contribution in [0.15, 0.2) is 85.2 Å². The highest BCUT2D eigenvalue weighted by Gasteiger charge is 2.28. The monoisotopic (exact) mass is 465 g/mol. The molecule has 2 N–H and O–H groups in total. The zero-order valence-corrected chi connectivity index (χ0v) is 21.5. The van der Waals surface area contributed by atoms with E-state index in [0.29, 0.717) is 11.5 Å². The molecule has 3 aromatic carbocycles. The molecular weight excluding hydrogens is 430 g/mol. The van der Waals surface area contributed by atoms with E-state index in [2.05, 4.69) is 76.0 Å². The summed E-state index contributed by atoms with van der Waals surface area (Å²) in [7, 11) is 0. The maximum atomic E-state index is 10.6. The first-order valence-electron chi connectivity index (χ1n) is 12.2. The van der Waals surface area contributed by atoms with Crippen LogP contribution in [0, 0.1) is 6.92 Å². The number of aromatic nitrogens is 1. The number of phenolic OH excluding ortho intramolecular Hbond substituents is 2. The molecule has 1 atom stereocenters. The summed E-state index contributed by atoms with van der Waals surface area (Å²) < 4.78 is 0. The van der Waals surface area contributed by atoms with Gasteiger partial charge in [0.25, 0.3) is 0 Å². The molecule has 1 heterocycles. The molecule has 0 aliphatic heterocycles. The van der Waals surface area contributed by atoms with Gasteiger partial charge in [0.2, 0.25) is 0 Å². The Morgan fingerprint density at radius 3 is 1.60 bits per heavy atom. The van der Waals surface area contributed by atoms with E-state index in [1.807, 2.05) is 37.3 Å². The lowest BCUT2D eigenvalue weighted by Gasteiger charge is -2.30. The lowest BCUT2D eigenvalue weighted by atomic mass is 9.74. The lowest BCUT2D eigenvalue weighted by molar-refractivity contribution is 0.465. The SMILES string of the molecule is Cc1cc(C(C)(C)c2ccc(C(C)(C)c3ccc(O)c(C(C)c4ccncc4)c3)cc2)ccc1O. The lowest BCUT2D eigenvalue weighted by Crippen LogP contribution is -2.22. The van der Waals surface area contributed by atoms with E-state index in [9.17, 15) is 10.2 Å². The summed E-state index contributed by atoms with van der Waals surface area (Å²) >= 11 is 0.